The molecule has 0 spiro atoms. The van der Waals surface area contributed by atoms with Gasteiger partial charge in [0, 0.05) is 11.3 Å². The van der Waals surface area contributed by atoms with Gasteiger partial charge in [0.2, 0.25) is 0 Å². The molecule has 2 aliphatic rings. The lowest BCUT2D eigenvalue weighted by molar-refractivity contribution is -0.145. The first-order chi connectivity index (χ1) is 5.89. The van der Waals surface area contributed by atoms with E-state index in [0.29, 0.717) is 0 Å². The highest BCUT2D eigenvalue weighted by atomic mass is 16.4. The maximum Gasteiger partial charge on any atom is 0.308 e. The zero-order chi connectivity index (χ0) is 9.85. The van der Waals surface area contributed by atoms with Crippen LogP contribution < -0.4 is 0 Å². The van der Waals surface area contributed by atoms with Crippen molar-refractivity contribution < 1.29 is 9.90 Å². The summed E-state index contributed by atoms with van der Waals surface area (Å²) in [5.74, 6) is 5.60. The summed E-state index contributed by atoms with van der Waals surface area (Å²) in [6, 6.07) is 0. The normalized spacial score (nSPS) is 44.2. The third-order valence-electron chi connectivity index (χ3n) is 4.18. The molecule has 0 amide bonds. The minimum atomic E-state index is -0.688. The number of hydrogen-bond donors (Lipinski definition) is 1. The maximum absolute atomic E-state index is 11.0. The van der Waals surface area contributed by atoms with Gasteiger partial charge in [0.05, 0.1) is 5.92 Å². The summed E-state index contributed by atoms with van der Waals surface area (Å²) in [6.45, 7) is 6.23. The standard InChI is InChI=1S/C11H14O2/c1-10(2)7-4-5-11(10,3)8(6-7)9(12)13/h7-8H,6H2,1-3H3,(H,12,13). The van der Waals surface area contributed by atoms with Gasteiger partial charge in [0.15, 0.2) is 0 Å². The van der Waals surface area contributed by atoms with Gasteiger partial charge < -0.3 is 5.11 Å². The van der Waals surface area contributed by atoms with Crippen LogP contribution in [0.3, 0.4) is 0 Å². The summed E-state index contributed by atoms with van der Waals surface area (Å²) < 4.78 is 0. The van der Waals surface area contributed by atoms with Crippen molar-refractivity contribution >= 4 is 5.97 Å². The van der Waals surface area contributed by atoms with Crippen molar-refractivity contribution in [2.75, 3.05) is 0 Å². The van der Waals surface area contributed by atoms with Crippen molar-refractivity contribution in [2.24, 2.45) is 22.7 Å². The smallest absolute Gasteiger partial charge is 0.308 e. The van der Waals surface area contributed by atoms with Gasteiger partial charge in [-0.1, -0.05) is 25.7 Å². The van der Waals surface area contributed by atoms with Gasteiger partial charge in [-0.05, 0) is 18.8 Å². The first-order valence-electron chi connectivity index (χ1n) is 4.65. The molecule has 3 unspecified atom stereocenters. The predicted molar refractivity (Wildman–Crippen MR) is 48.9 cm³/mol. The Morgan fingerprint density at radius 2 is 2.08 bits per heavy atom. The molecule has 0 heterocycles. The summed E-state index contributed by atoms with van der Waals surface area (Å²) >= 11 is 0. The zero-order valence-electron chi connectivity index (χ0n) is 8.22. The van der Waals surface area contributed by atoms with Crippen molar-refractivity contribution in [1.82, 2.24) is 0 Å². The lowest BCUT2D eigenvalue weighted by atomic mass is 9.67. The second-order valence-electron chi connectivity index (χ2n) is 4.87. The summed E-state index contributed by atoms with van der Waals surface area (Å²) in [5.41, 5.74) is -0.306. The molecule has 1 N–H and O–H groups in total. The molecule has 3 atom stereocenters. The van der Waals surface area contributed by atoms with Gasteiger partial charge in [-0.25, -0.2) is 0 Å². The minimum absolute atomic E-state index is 0.00998. The van der Waals surface area contributed by atoms with E-state index < -0.39 is 5.97 Å². The summed E-state index contributed by atoms with van der Waals surface area (Å²) in [4.78, 5) is 11.0. The summed E-state index contributed by atoms with van der Waals surface area (Å²) in [5, 5.41) is 9.06. The van der Waals surface area contributed by atoms with E-state index in [0.717, 1.165) is 6.42 Å². The Kier molecular flexibility index (Phi) is 1.39. The van der Waals surface area contributed by atoms with Crippen LogP contribution in [-0.2, 0) is 4.79 Å². The van der Waals surface area contributed by atoms with Crippen LogP contribution in [0.2, 0.25) is 0 Å². The Morgan fingerprint density at radius 3 is 2.31 bits per heavy atom. The number of carboxylic acids is 1. The molecule has 2 rings (SSSR count). The maximum atomic E-state index is 11.0. The Labute approximate surface area is 78.3 Å². The molecule has 2 bridgehead atoms. The van der Waals surface area contributed by atoms with Crippen LogP contribution in [0, 0.1) is 34.5 Å². The van der Waals surface area contributed by atoms with Crippen LogP contribution in [-0.4, -0.2) is 11.1 Å². The summed E-state index contributed by atoms with van der Waals surface area (Å²) in [7, 11) is 0. The molecule has 1 saturated carbocycles. The predicted octanol–water partition coefficient (Wildman–Crippen LogP) is 1.76. The van der Waals surface area contributed by atoms with Gasteiger partial charge in [-0.15, -0.1) is 0 Å². The lowest BCUT2D eigenvalue weighted by Crippen LogP contribution is -2.36. The lowest BCUT2D eigenvalue weighted by Gasteiger charge is -2.34. The van der Waals surface area contributed by atoms with E-state index in [1.165, 1.54) is 0 Å². The quantitative estimate of drug-likeness (QED) is 0.621. The van der Waals surface area contributed by atoms with Gasteiger partial charge in [-0.3, -0.25) is 4.79 Å². The Morgan fingerprint density at radius 1 is 1.46 bits per heavy atom. The minimum Gasteiger partial charge on any atom is -0.481 e. The number of rotatable bonds is 1. The van der Waals surface area contributed by atoms with Gasteiger partial charge in [-0.2, -0.15) is 0 Å². The van der Waals surface area contributed by atoms with Crippen molar-refractivity contribution in [3.8, 4) is 11.8 Å². The Balaban J connectivity index is 2.46. The molecule has 70 valence electrons. The zero-order valence-corrected chi connectivity index (χ0v) is 8.22. The monoisotopic (exact) mass is 178 g/mol. The third kappa shape index (κ3) is 0.777. The van der Waals surface area contributed by atoms with E-state index in [1.807, 2.05) is 6.92 Å². The highest BCUT2D eigenvalue weighted by Gasteiger charge is 2.61. The van der Waals surface area contributed by atoms with Crippen LogP contribution in [0.4, 0.5) is 0 Å². The van der Waals surface area contributed by atoms with Crippen LogP contribution >= 0.6 is 0 Å². The molecule has 0 aromatic heterocycles. The Bertz CT molecular complexity index is 332. The second-order valence-corrected chi connectivity index (χ2v) is 4.87. The van der Waals surface area contributed by atoms with Gasteiger partial charge in [0.25, 0.3) is 0 Å². The topological polar surface area (TPSA) is 37.3 Å². The molecule has 2 heteroatoms. The number of carboxylic acid groups (broad SMARTS) is 1. The van der Waals surface area contributed by atoms with Crippen molar-refractivity contribution in [2.45, 2.75) is 27.2 Å². The fourth-order valence-corrected chi connectivity index (χ4v) is 2.65. The Hall–Kier alpha value is -0.970. The highest BCUT2D eigenvalue weighted by Crippen LogP contribution is 2.61. The van der Waals surface area contributed by atoms with Crippen LogP contribution in [0.25, 0.3) is 0 Å². The first kappa shape index (κ1) is 8.62. The van der Waals surface area contributed by atoms with E-state index in [9.17, 15) is 4.79 Å². The SMILES string of the molecule is CC1(C)C2C#CC1(C)C(C(=O)O)C2. The number of carbonyl (C=O) groups is 1. The molecule has 1 fully saturated rings. The molecule has 0 saturated heterocycles. The van der Waals surface area contributed by atoms with Crippen molar-refractivity contribution in [1.29, 1.82) is 0 Å². The van der Waals surface area contributed by atoms with Crippen LogP contribution in [0.15, 0.2) is 0 Å². The fraction of sp³-hybridized carbons (Fsp3) is 0.727. The van der Waals surface area contributed by atoms with Crippen LogP contribution in [0.5, 0.6) is 0 Å². The van der Waals surface area contributed by atoms with E-state index in [4.69, 9.17) is 5.11 Å². The van der Waals surface area contributed by atoms with Gasteiger partial charge in [0.1, 0.15) is 0 Å². The molecular formula is C11H14O2. The van der Waals surface area contributed by atoms with Crippen molar-refractivity contribution in [3.05, 3.63) is 0 Å². The molecule has 0 radical (unpaired) electrons. The molecule has 0 aliphatic heterocycles. The number of hydrogen-bond acceptors (Lipinski definition) is 1. The van der Waals surface area contributed by atoms with Crippen LogP contribution in [0.1, 0.15) is 27.2 Å². The number of aliphatic carboxylic acids is 1. The van der Waals surface area contributed by atoms with E-state index >= 15 is 0 Å². The molecular weight excluding hydrogens is 164 g/mol. The first-order valence-corrected chi connectivity index (χ1v) is 4.65. The van der Waals surface area contributed by atoms with Gasteiger partial charge >= 0.3 is 5.97 Å². The largest absolute Gasteiger partial charge is 0.481 e. The number of fused-ring (bicyclic) bond motifs is 2. The molecule has 2 aliphatic carbocycles. The van der Waals surface area contributed by atoms with E-state index in [2.05, 4.69) is 25.7 Å². The average Bonchev–Trinajstić information content (AvgIpc) is 2.34. The molecule has 0 aromatic rings. The molecule has 2 nitrogen and oxygen atoms in total. The van der Waals surface area contributed by atoms with E-state index in [-0.39, 0.29) is 22.7 Å². The average molecular weight is 178 g/mol. The van der Waals surface area contributed by atoms with E-state index in [1.54, 1.807) is 0 Å². The molecule has 0 aromatic carbocycles. The fourth-order valence-electron chi connectivity index (χ4n) is 2.65. The molecule has 13 heavy (non-hydrogen) atoms. The highest BCUT2D eigenvalue weighted by molar-refractivity contribution is 5.74. The summed E-state index contributed by atoms with van der Waals surface area (Å²) in [6.07, 6.45) is 0.728. The second kappa shape index (κ2) is 2.09. The third-order valence-corrected chi connectivity index (χ3v) is 4.18. The van der Waals surface area contributed by atoms with Crippen molar-refractivity contribution in [3.63, 3.8) is 0 Å².